The van der Waals surface area contributed by atoms with Crippen LogP contribution >= 0.6 is 0 Å². The van der Waals surface area contributed by atoms with Gasteiger partial charge in [0.2, 0.25) is 0 Å². The van der Waals surface area contributed by atoms with Gasteiger partial charge in [-0.15, -0.1) is 0 Å². The maximum Gasteiger partial charge on any atom is 0.257 e. The van der Waals surface area contributed by atoms with E-state index in [1.54, 1.807) is 10.7 Å². The third-order valence-electron chi connectivity index (χ3n) is 6.43. The number of fused-ring (bicyclic) bond motifs is 1. The maximum absolute atomic E-state index is 14.5. The summed E-state index contributed by atoms with van der Waals surface area (Å²) < 4.78 is 29.9. The highest BCUT2D eigenvalue weighted by molar-refractivity contribution is 6.01. The van der Waals surface area contributed by atoms with Gasteiger partial charge >= 0.3 is 0 Å². The molecule has 0 aliphatic carbocycles. The standard InChI is InChI=1S/C23H25F2N5O/c1-27-9-11-28(12-10-27)23(31)19-15-26-30-8-6-17(14-22(19)30)29-7-2-3-21(29)18-13-16(24)4-5-20(18)25/h4-6,8,13-15,21H,2-3,7,9-12H2,1H3. The number of amides is 1. The first-order valence-corrected chi connectivity index (χ1v) is 10.7. The molecule has 5 rings (SSSR count). The Kier molecular flexibility index (Phi) is 5.09. The maximum atomic E-state index is 14.5. The van der Waals surface area contributed by atoms with Crippen molar-refractivity contribution >= 4 is 17.1 Å². The molecular weight excluding hydrogens is 400 g/mol. The topological polar surface area (TPSA) is 44.1 Å². The van der Waals surface area contributed by atoms with Crippen LogP contribution in [-0.2, 0) is 0 Å². The van der Waals surface area contributed by atoms with E-state index < -0.39 is 11.6 Å². The zero-order valence-electron chi connectivity index (χ0n) is 17.5. The average molecular weight is 425 g/mol. The first-order valence-electron chi connectivity index (χ1n) is 10.7. The fourth-order valence-corrected chi connectivity index (χ4v) is 4.66. The highest BCUT2D eigenvalue weighted by atomic mass is 19.1. The molecule has 0 bridgehead atoms. The Morgan fingerprint density at radius 2 is 1.87 bits per heavy atom. The van der Waals surface area contributed by atoms with Crippen LogP contribution in [0.15, 0.2) is 42.7 Å². The number of rotatable bonds is 3. The number of anilines is 1. The lowest BCUT2D eigenvalue weighted by atomic mass is 10.0. The van der Waals surface area contributed by atoms with E-state index in [-0.39, 0.29) is 11.9 Å². The van der Waals surface area contributed by atoms with Gasteiger partial charge in [0.15, 0.2) is 0 Å². The van der Waals surface area contributed by atoms with E-state index in [1.165, 1.54) is 12.1 Å². The largest absolute Gasteiger partial charge is 0.364 e. The summed E-state index contributed by atoms with van der Waals surface area (Å²) in [5.41, 5.74) is 2.55. The Balaban J connectivity index is 1.47. The summed E-state index contributed by atoms with van der Waals surface area (Å²) in [5.74, 6) is -0.849. The average Bonchev–Trinajstić information content (AvgIpc) is 3.42. The molecule has 2 saturated heterocycles. The van der Waals surface area contributed by atoms with Crippen molar-refractivity contribution in [2.45, 2.75) is 18.9 Å². The van der Waals surface area contributed by atoms with Crippen LogP contribution in [0.1, 0.15) is 34.8 Å². The molecule has 4 heterocycles. The number of benzene rings is 1. The summed E-state index contributed by atoms with van der Waals surface area (Å²) in [6.07, 6.45) is 5.08. The van der Waals surface area contributed by atoms with Gasteiger partial charge in [0.25, 0.3) is 5.91 Å². The Morgan fingerprint density at radius 1 is 1.06 bits per heavy atom. The van der Waals surface area contributed by atoms with E-state index in [2.05, 4.69) is 21.9 Å². The molecule has 0 N–H and O–H groups in total. The van der Waals surface area contributed by atoms with Gasteiger partial charge < -0.3 is 14.7 Å². The van der Waals surface area contributed by atoms with Gasteiger partial charge in [-0.2, -0.15) is 5.10 Å². The second-order valence-electron chi connectivity index (χ2n) is 8.39. The number of likely N-dealkylation sites (N-methyl/N-ethyl adjacent to an activating group) is 1. The van der Waals surface area contributed by atoms with E-state index in [9.17, 15) is 13.6 Å². The van der Waals surface area contributed by atoms with Gasteiger partial charge in [0.05, 0.1) is 23.3 Å². The lowest BCUT2D eigenvalue weighted by Crippen LogP contribution is -2.47. The Hall–Kier alpha value is -3.00. The molecular formula is C23H25F2N5O. The zero-order chi connectivity index (χ0) is 21.5. The molecule has 0 saturated carbocycles. The molecule has 2 fully saturated rings. The van der Waals surface area contributed by atoms with Crippen molar-refractivity contribution < 1.29 is 13.6 Å². The highest BCUT2D eigenvalue weighted by Crippen LogP contribution is 2.38. The fraction of sp³-hybridized carbons (Fsp3) is 0.391. The number of carbonyl (C=O) groups is 1. The molecule has 8 heteroatoms. The van der Waals surface area contributed by atoms with Crippen molar-refractivity contribution in [3.05, 3.63) is 65.5 Å². The number of piperazine rings is 1. The van der Waals surface area contributed by atoms with Gasteiger partial charge in [-0.1, -0.05) is 0 Å². The fourth-order valence-electron chi connectivity index (χ4n) is 4.66. The molecule has 1 unspecified atom stereocenters. The number of aromatic nitrogens is 2. The van der Waals surface area contributed by atoms with Crippen LogP contribution in [0, 0.1) is 11.6 Å². The summed E-state index contributed by atoms with van der Waals surface area (Å²) in [6.45, 7) is 3.83. The molecule has 2 aliphatic heterocycles. The van der Waals surface area contributed by atoms with Gasteiger partial charge in [0, 0.05) is 50.2 Å². The van der Waals surface area contributed by atoms with E-state index in [1.807, 2.05) is 23.2 Å². The summed E-state index contributed by atoms with van der Waals surface area (Å²) in [6, 6.07) is 7.24. The van der Waals surface area contributed by atoms with Crippen molar-refractivity contribution in [2.75, 3.05) is 44.7 Å². The quantitative estimate of drug-likeness (QED) is 0.646. The highest BCUT2D eigenvalue weighted by Gasteiger charge is 2.30. The molecule has 1 aromatic carbocycles. The van der Waals surface area contributed by atoms with Crippen molar-refractivity contribution in [1.82, 2.24) is 19.4 Å². The molecule has 31 heavy (non-hydrogen) atoms. The van der Waals surface area contributed by atoms with Crippen LogP contribution in [0.4, 0.5) is 14.5 Å². The molecule has 162 valence electrons. The predicted octanol–water partition coefficient (Wildman–Crippen LogP) is 3.34. The first kappa shape index (κ1) is 19.9. The number of pyridine rings is 1. The van der Waals surface area contributed by atoms with E-state index in [0.717, 1.165) is 49.7 Å². The van der Waals surface area contributed by atoms with Crippen LogP contribution < -0.4 is 4.90 Å². The molecule has 6 nitrogen and oxygen atoms in total. The van der Waals surface area contributed by atoms with E-state index in [0.29, 0.717) is 24.2 Å². The number of nitrogens with zero attached hydrogens (tertiary/aromatic N) is 5. The minimum atomic E-state index is -0.436. The lowest BCUT2D eigenvalue weighted by molar-refractivity contribution is 0.0666. The van der Waals surface area contributed by atoms with Crippen LogP contribution in [0.2, 0.25) is 0 Å². The Labute approximate surface area is 179 Å². The normalized spacial score (nSPS) is 20.0. The van der Waals surface area contributed by atoms with Gasteiger partial charge in [0.1, 0.15) is 11.6 Å². The number of hydrogen-bond acceptors (Lipinski definition) is 4. The molecule has 2 aliphatic rings. The van der Waals surface area contributed by atoms with Gasteiger partial charge in [-0.25, -0.2) is 13.3 Å². The SMILES string of the molecule is CN1CCN(C(=O)c2cnn3ccc(N4CCCC4c4cc(F)ccc4F)cc23)CC1. The van der Waals surface area contributed by atoms with E-state index in [4.69, 9.17) is 0 Å². The van der Waals surface area contributed by atoms with Crippen molar-refractivity contribution in [2.24, 2.45) is 0 Å². The number of carbonyl (C=O) groups excluding carboxylic acids is 1. The third kappa shape index (κ3) is 3.65. The lowest BCUT2D eigenvalue weighted by Gasteiger charge is -2.32. The molecule has 1 atom stereocenters. The molecule has 0 spiro atoms. The molecule has 3 aromatic rings. The third-order valence-corrected chi connectivity index (χ3v) is 6.43. The van der Waals surface area contributed by atoms with Crippen LogP contribution in [0.5, 0.6) is 0 Å². The molecule has 2 aromatic heterocycles. The summed E-state index contributed by atoms with van der Waals surface area (Å²) in [7, 11) is 2.05. The summed E-state index contributed by atoms with van der Waals surface area (Å²) >= 11 is 0. The number of halogens is 2. The van der Waals surface area contributed by atoms with E-state index >= 15 is 0 Å². The first-order chi connectivity index (χ1) is 15.0. The van der Waals surface area contributed by atoms with Crippen LogP contribution in [0.3, 0.4) is 0 Å². The minimum absolute atomic E-state index is 0.0191. The van der Waals surface area contributed by atoms with Crippen LogP contribution in [-0.4, -0.2) is 65.1 Å². The van der Waals surface area contributed by atoms with Crippen molar-refractivity contribution in [1.29, 1.82) is 0 Å². The van der Waals surface area contributed by atoms with Gasteiger partial charge in [-0.3, -0.25) is 4.79 Å². The zero-order valence-corrected chi connectivity index (χ0v) is 17.5. The monoisotopic (exact) mass is 425 g/mol. The smallest absolute Gasteiger partial charge is 0.257 e. The second-order valence-corrected chi connectivity index (χ2v) is 8.39. The molecule has 1 amide bonds. The second kappa shape index (κ2) is 7.92. The predicted molar refractivity (Wildman–Crippen MR) is 114 cm³/mol. The minimum Gasteiger partial charge on any atom is -0.364 e. The van der Waals surface area contributed by atoms with Crippen molar-refractivity contribution in [3.8, 4) is 0 Å². The Morgan fingerprint density at radius 3 is 2.68 bits per heavy atom. The summed E-state index contributed by atoms with van der Waals surface area (Å²) in [4.78, 5) is 19.3. The summed E-state index contributed by atoms with van der Waals surface area (Å²) in [5, 5.41) is 4.35. The van der Waals surface area contributed by atoms with Gasteiger partial charge in [-0.05, 0) is 50.2 Å². The van der Waals surface area contributed by atoms with Crippen LogP contribution in [0.25, 0.3) is 5.52 Å². The van der Waals surface area contributed by atoms with Crippen molar-refractivity contribution in [3.63, 3.8) is 0 Å². The Bertz CT molecular complexity index is 1120. The number of hydrogen-bond donors (Lipinski definition) is 0. The molecule has 0 radical (unpaired) electrons.